The Labute approximate surface area is 91.3 Å². The molecule has 90 valence electrons. The molecular weight excluding hydrogens is 216 g/mol. The fraction of sp³-hybridized carbons (Fsp3) is 0.889. The van der Waals surface area contributed by atoms with Gasteiger partial charge < -0.3 is 11.1 Å². The van der Waals surface area contributed by atoms with Crippen LogP contribution in [0.15, 0.2) is 0 Å². The van der Waals surface area contributed by atoms with E-state index in [1.165, 1.54) is 0 Å². The molecule has 0 spiro atoms. The average molecular weight is 236 g/mol. The summed E-state index contributed by atoms with van der Waals surface area (Å²) in [7, 11) is -3.31. The maximum atomic E-state index is 11.4. The standard InChI is InChI=1S/C9H20N2O3S/c1-7(2)11-9(12)6-15(13,14)5-4-8(3)10/h7-8H,4-6,10H2,1-3H3,(H,11,12). The summed E-state index contributed by atoms with van der Waals surface area (Å²) in [4.78, 5) is 11.2. The van der Waals surface area contributed by atoms with E-state index in [-0.39, 0.29) is 17.8 Å². The zero-order valence-electron chi connectivity index (χ0n) is 9.49. The zero-order chi connectivity index (χ0) is 12.1. The lowest BCUT2D eigenvalue weighted by atomic mass is 10.3. The van der Waals surface area contributed by atoms with Gasteiger partial charge in [0.25, 0.3) is 0 Å². The van der Waals surface area contributed by atoms with E-state index in [0.29, 0.717) is 6.42 Å². The number of hydrogen-bond donors (Lipinski definition) is 2. The van der Waals surface area contributed by atoms with Gasteiger partial charge in [0, 0.05) is 12.1 Å². The highest BCUT2D eigenvalue weighted by atomic mass is 32.2. The van der Waals surface area contributed by atoms with Gasteiger partial charge in [-0.05, 0) is 27.2 Å². The summed E-state index contributed by atoms with van der Waals surface area (Å²) in [6, 6.07) is -0.200. The molecule has 15 heavy (non-hydrogen) atoms. The van der Waals surface area contributed by atoms with Crippen molar-refractivity contribution in [2.75, 3.05) is 11.5 Å². The fourth-order valence-electron chi connectivity index (χ4n) is 1.00. The highest BCUT2D eigenvalue weighted by Crippen LogP contribution is 1.97. The van der Waals surface area contributed by atoms with E-state index in [9.17, 15) is 13.2 Å². The lowest BCUT2D eigenvalue weighted by Crippen LogP contribution is -2.36. The Morgan fingerprint density at radius 3 is 2.27 bits per heavy atom. The first-order chi connectivity index (χ1) is 6.73. The quantitative estimate of drug-likeness (QED) is 0.660. The molecule has 0 aromatic carbocycles. The van der Waals surface area contributed by atoms with Gasteiger partial charge in [-0.1, -0.05) is 0 Å². The molecule has 0 bridgehead atoms. The number of carbonyl (C=O) groups is 1. The molecule has 0 radical (unpaired) electrons. The first-order valence-corrected chi connectivity index (χ1v) is 6.80. The third-order valence-corrected chi connectivity index (χ3v) is 3.24. The van der Waals surface area contributed by atoms with Crippen LogP contribution in [0.2, 0.25) is 0 Å². The Kier molecular flexibility index (Phi) is 5.82. The van der Waals surface area contributed by atoms with E-state index in [0.717, 1.165) is 0 Å². The van der Waals surface area contributed by atoms with E-state index < -0.39 is 21.5 Å². The molecule has 1 amide bonds. The van der Waals surface area contributed by atoms with Gasteiger partial charge in [0.1, 0.15) is 5.75 Å². The Balaban J connectivity index is 4.09. The topological polar surface area (TPSA) is 89.3 Å². The van der Waals surface area contributed by atoms with E-state index in [1.807, 2.05) is 0 Å². The molecule has 0 aliphatic rings. The van der Waals surface area contributed by atoms with Crippen molar-refractivity contribution in [3.63, 3.8) is 0 Å². The van der Waals surface area contributed by atoms with Gasteiger partial charge in [-0.3, -0.25) is 4.79 Å². The van der Waals surface area contributed by atoms with Crippen LogP contribution in [0.1, 0.15) is 27.2 Å². The van der Waals surface area contributed by atoms with Crippen LogP contribution < -0.4 is 11.1 Å². The van der Waals surface area contributed by atoms with Crippen LogP contribution in [-0.2, 0) is 14.6 Å². The number of amides is 1. The molecule has 0 aromatic heterocycles. The Morgan fingerprint density at radius 1 is 1.33 bits per heavy atom. The summed E-state index contributed by atoms with van der Waals surface area (Å²) < 4.78 is 22.8. The summed E-state index contributed by atoms with van der Waals surface area (Å²) in [6.45, 7) is 5.31. The van der Waals surface area contributed by atoms with Crippen LogP contribution in [-0.4, -0.2) is 37.9 Å². The molecule has 1 atom stereocenters. The van der Waals surface area contributed by atoms with Crippen molar-refractivity contribution in [1.82, 2.24) is 5.32 Å². The number of carbonyl (C=O) groups excluding carboxylic acids is 1. The van der Waals surface area contributed by atoms with E-state index in [1.54, 1.807) is 20.8 Å². The molecular formula is C9H20N2O3S. The average Bonchev–Trinajstić information content (AvgIpc) is 1.98. The van der Waals surface area contributed by atoms with Crippen LogP contribution >= 0.6 is 0 Å². The third-order valence-electron chi connectivity index (χ3n) is 1.68. The second kappa shape index (κ2) is 6.07. The predicted octanol–water partition coefficient (Wildman–Crippen LogP) is -0.337. The van der Waals surface area contributed by atoms with E-state index in [2.05, 4.69) is 5.32 Å². The number of nitrogens with two attached hydrogens (primary N) is 1. The van der Waals surface area contributed by atoms with Crippen LogP contribution in [0.3, 0.4) is 0 Å². The van der Waals surface area contributed by atoms with Gasteiger partial charge in [0.05, 0.1) is 5.75 Å². The summed E-state index contributed by atoms with van der Waals surface area (Å²) in [6.07, 6.45) is 0.386. The summed E-state index contributed by atoms with van der Waals surface area (Å²) >= 11 is 0. The lowest BCUT2D eigenvalue weighted by Gasteiger charge is -2.09. The number of rotatable bonds is 6. The fourth-order valence-corrected chi connectivity index (χ4v) is 2.36. The normalized spacial score (nSPS) is 13.9. The van der Waals surface area contributed by atoms with Crippen LogP contribution in [0, 0.1) is 0 Å². The summed E-state index contributed by atoms with van der Waals surface area (Å²) in [5.41, 5.74) is 5.45. The molecule has 3 N–H and O–H groups in total. The lowest BCUT2D eigenvalue weighted by molar-refractivity contribution is -0.119. The number of sulfone groups is 1. The van der Waals surface area contributed by atoms with Gasteiger partial charge in [-0.2, -0.15) is 0 Å². The number of hydrogen-bond acceptors (Lipinski definition) is 4. The molecule has 0 aliphatic heterocycles. The minimum atomic E-state index is -3.31. The third kappa shape index (κ3) is 8.38. The highest BCUT2D eigenvalue weighted by molar-refractivity contribution is 7.92. The second-order valence-corrected chi connectivity index (χ2v) is 6.26. The summed E-state index contributed by atoms with van der Waals surface area (Å²) in [5, 5.41) is 2.54. The van der Waals surface area contributed by atoms with Gasteiger partial charge >= 0.3 is 0 Å². The predicted molar refractivity (Wildman–Crippen MR) is 60.2 cm³/mol. The maximum Gasteiger partial charge on any atom is 0.235 e. The molecule has 5 nitrogen and oxygen atoms in total. The first-order valence-electron chi connectivity index (χ1n) is 4.98. The summed E-state index contributed by atoms with van der Waals surface area (Å²) in [5.74, 6) is -0.927. The van der Waals surface area contributed by atoms with Crippen molar-refractivity contribution in [2.24, 2.45) is 5.73 Å². The Bertz CT molecular complexity index is 296. The second-order valence-electron chi connectivity index (χ2n) is 4.08. The number of nitrogens with one attached hydrogen (secondary N) is 1. The van der Waals surface area contributed by atoms with Crippen LogP contribution in [0.4, 0.5) is 0 Å². The van der Waals surface area contributed by atoms with Crippen molar-refractivity contribution in [3.05, 3.63) is 0 Å². The first kappa shape index (κ1) is 14.4. The van der Waals surface area contributed by atoms with Crippen molar-refractivity contribution >= 4 is 15.7 Å². The molecule has 0 aromatic rings. The molecule has 0 heterocycles. The monoisotopic (exact) mass is 236 g/mol. The zero-order valence-corrected chi connectivity index (χ0v) is 10.3. The molecule has 6 heteroatoms. The Hall–Kier alpha value is -0.620. The molecule has 0 rings (SSSR count). The van der Waals surface area contributed by atoms with Crippen LogP contribution in [0.25, 0.3) is 0 Å². The maximum absolute atomic E-state index is 11.4. The largest absolute Gasteiger partial charge is 0.353 e. The van der Waals surface area contributed by atoms with Crippen molar-refractivity contribution in [2.45, 2.75) is 39.3 Å². The van der Waals surface area contributed by atoms with Crippen molar-refractivity contribution in [1.29, 1.82) is 0 Å². The minimum absolute atomic E-state index is 0.0316. The SMILES string of the molecule is CC(N)CCS(=O)(=O)CC(=O)NC(C)C. The molecule has 0 aliphatic carbocycles. The van der Waals surface area contributed by atoms with Crippen molar-refractivity contribution in [3.8, 4) is 0 Å². The van der Waals surface area contributed by atoms with Gasteiger partial charge in [-0.25, -0.2) is 8.42 Å². The minimum Gasteiger partial charge on any atom is -0.353 e. The van der Waals surface area contributed by atoms with Gasteiger partial charge in [0.15, 0.2) is 9.84 Å². The molecule has 0 saturated carbocycles. The smallest absolute Gasteiger partial charge is 0.235 e. The highest BCUT2D eigenvalue weighted by Gasteiger charge is 2.17. The van der Waals surface area contributed by atoms with Crippen LogP contribution in [0.5, 0.6) is 0 Å². The molecule has 1 unspecified atom stereocenters. The van der Waals surface area contributed by atoms with Crippen molar-refractivity contribution < 1.29 is 13.2 Å². The van der Waals surface area contributed by atoms with Gasteiger partial charge in [0.2, 0.25) is 5.91 Å². The Morgan fingerprint density at radius 2 is 1.87 bits per heavy atom. The van der Waals surface area contributed by atoms with Gasteiger partial charge in [-0.15, -0.1) is 0 Å². The van der Waals surface area contributed by atoms with E-state index >= 15 is 0 Å². The molecule has 0 saturated heterocycles. The molecule has 0 fully saturated rings. The van der Waals surface area contributed by atoms with E-state index in [4.69, 9.17) is 5.73 Å².